The zero-order valence-corrected chi connectivity index (χ0v) is 12.0. The van der Waals surface area contributed by atoms with Gasteiger partial charge in [0.1, 0.15) is 0 Å². The van der Waals surface area contributed by atoms with Crippen molar-refractivity contribution in [2.75, 3.05) is 7.05 Å². The molecule has 0 aliphatic carbocycles. The fourth-order valence-corrected chi connectivity index (χ4v) is 2.31. The minimum absolute atomic E-state index is 0.353. The Bertz CT molecular complexity index is 488. The summed E-state index contributed by atoms with van der Waals surface area (Å²) in [6.45, 7) is 2.09. The highest BCUT2D eigenvalue weighted by Gasteiger charge is 2.09. The average molecular weight is 278 g/mol. The summed E-state index contributed by atoms with van der Waals surface area (Å²) in [5.41, 5.74) is 1.07. The number of nitrogens with zero attached hydrogens (tertiary/aromatic N) is 3. The van der Waals surface area contributed by atoms with Gasteiger partial charge in [0, 0.05) is 24.4 Å². The van der Waals surface area contributed by atoms with Crippen LogP contribution in [0.1, 0.15) is 24.3 Å². The smallest absolute Gasteiger partial charge is 0.236 e. The first-order valence-corrected chi connectivity index (χ1v) is 7.39. The van der Waals surface area contributed by atoms with Crippen LogP contribution in [-0.4, -0.2) is 28.2 Å². The number of rotatable bonds is 7. The van der Waals surface area contributed by atoms with Crippen molar-refractivity contribution in [1.82, 2.24) is 20.4 Å². The molecule has 6 heteroatoms. The van der Waals surface area contributed by atoms with Crippen LogP contribution >= 0.6 is 11.8 Å². The van der Waals surface area contributed by atoms with Gasteiger partial charge in [-0.05, 0) is 26.1 Å². The summed E-state index contributed by atoms with van der Waals surface area (Å²) >= 11 is 1.72. The largest absolute Gasteiger partial charge is 0.338 e. The lowest BCUT2D eigenvalue weighted by molar-refractivity contribution is 0.382. The van der Waals surface area contributed by atoms with E-state index in [1.54, 1.807) is 18.0 Å². The van der Waals surface area contributed by atoms with Gasteiger partial charge in [-0.2, -0.15) is 4.98 Å². The van der Waals surface area contributed by atoms with E-state index in [1.807, 2.05) is 25.2 Å². The van der Waals surface area contributed by atoms with Gasteiger partial charge >= 0.3 is 0 Å². The summed E-state index contributed by atoms with van der Waals surface area (Å²) < 4.78 is 5.22. The standard InChI is InChI=1S/C13H18N4OS/c1-10(14-2)7-12-16-13(18-17-12)9-19-8-11-5-3-4-6-15-11/h3-6,10,14H,7-9H2,1-2H3. The molecule has 0 spiro atoms. The van der Waals surface area contributed by atoms with E-state index in [2.05, 4.69) is 27.4 Å². The maximum absolute atomic E-state index is 5.22. The maximum atomic E-state index is 5.22. The number of hydrogen-bond donors (Lipinski definition) is 1. The van der Waals surface area contributed by atoms with E-state index in [4.69, 9.17) is 4.52 Å². The highest BCUT2D eigenvalue weighted by atomic mass is 32.2. The molecule has 2 heterocycles. The van der Waals surface area contributed by atoms with Crippen LogP contribution in [0.2, 0.25) is 0 Å². The van der Waals surface area contributed by atoms with Crippen molar-refractivity contribution in [3.63, 3.8) is 0 Å². The van der Waals surface area contributed by atoms with E-state index in [0.29, 0.717) is 11.9 Å². The van der Waals surface area contributed by atoms with E-state index < -0.39 is 0 Å². The lowest BCUT2D eigenvalue weighted by Crippen LogP contribution is -2.24. The van der Waals surface area contributed by atoms with Crippen LogP contribution in [0, 0.1) is 0 Å². The third-order valence-corrected chi connectivity index (χ3v) is 3.64. The maximum Gasteiger partial charge on any atom is 0.236 e. The van der Waals surface area contributed by atoms with Gasteiger partial charge in [-0.25, -0.2) is 0 Å². The van der Waals surface area contributed by atoms with Crippen LogP contribution in [0.5, 0.6) is 0 Å². The summed E-state index contributed by atoms with van der Waals surface area (Å²) in [5, 5.41) is 7.13. The first-order chi connectivity index (χ1) is 9.28. The Balaban J connectivity index is 1.77. The van der Waals surface area contributed by atoms with Gasteiger partial charge < -0.3 is 9.84 Å². The van der Waals surface area contributed by atoms with E-state index in [1.165, 1.54) is 0 Å². The molecular formula is C13H18N4OS. The fraction of sp³-hybridized carbons (Fsp3) is 0.462. The fourth-order valence-electron chi connectivity index (χ4n) is 1.53. The molecule has 0 saturated heterocycles. The third-order valence-electron chi connectivity index (χ3n) is 2.69. The highest BCUT2D eigenvalue weighted by molar-refractivity contribution is 7.97. The molecule has 102 valence electrons. The summed E-state index contributed by atoms with van der Waals surface area (Å²) in [7, 11) is 1.92. The van der Waals surface area contributed by atoms with E-state index in [0.717, 1.165) is 29.4 Å². The molecule has 2 rings (SSSR count). The lowest BCUT2D eigenvalue weighted by Gasteiger charge is -2.04. The second kappa shape index (κ2) is 7.25. The average Bonchev–Trinajstić information content (AvgIpc) is 2.87. The molecule has 5 nitrogen and oxygen atoms in total. The summed E-state index contributed by atoms with van der Waals surface area (Å²) in [4.78, 5) is 8.64. The normalized spacial score (nSPS) is 12.5. The van der Waals surface area contributed by atoms with E-state index >= 15 is 0 Å². The minimum atomic E-state index is 0.353. The van der Waals surface area contributed by atoms with Gasteiger partial charge in [0.2, 0.25) is 5.89 Å². The van der Waals surface area contributed by atoms with Crippen molar-refractivity contribution in [2.45, 2.75) is 30.9 Å². The first-order valence-electron chi connectivity index (χ1n) is 6.24. The molecule has 0 aliphatic rings. The van der Waals surface area contributed by atoms with Crippen LogP contribution in [0.3, 0.4) is 0 Å². The van der Waals surface area contributed by atoms with E-state index in [-0.39, 0.29) is 0 Å². The topological polar surface area (TPSA) is 63.8 Å². The Morgan fingerprint density at radius 1 is 1.37 bits per heavy atom. The summed E-state index contributed by atoms with van der Waals surface area (Å²) in [6.07, 6.45) is 2.59. The molecule has 0 radical (unpaired) electrons. The van der Waals surface area contributed by atoms with Crippen LogP contribution in [-0.2, 0) is 17.9 Å². The Morgan fingerprint density at radius 2 is 2.26 bits per heavy atom. The molecule has 0 aromatic carbocycles. The Morgan fingerprint density at radius 3 is 3.00 bits per heavy atom. The molecule has 19 heavy (non-hydrogen) atoms. The van der Waals surface area contributed by atoms with Crippen LogP contribution < -0.4 is 5.32 Å². The van der Waals surface area contributed by atoms with Crippen molar-refractivity contribution in [3.8, 4) is 0 Å². The summed E-state index contributed by atoms with van der Waals surface area (Å²) in [6, 6.07) is 6.28. The number of thioether (sulfide) groups is 1. The minimum Gasteiger partial charge on any atom is -0.338 e. The van der Waals surface area contributed by atoms with Crippen LogP contribution in [0.25, 0.3) is 0 Å². The molecule has 0 saturated carbocycles. The Labute approximate surface area is 117 Å². The first kappa shape index (κ1) is 14.0. The van der Waals surface area contributed by atoms with E-state index in [9.17, 15) is 0 Å². The van der Waals surface area contributed by atoms with Gasteiger partial charge in [-0.15, -0.1) is 11.8 Å². The van der Waals surface area contributed by atoms with Gasteiger partial charge in [0.25, 0.3) is 0 Å². The third kappa shape index (κ3) is 4.65. The molecule has 1 atom stereocenters. The molecule has 1 unspecified atom stereocenters. The number of hydrogen-bond acceptors (Lipinski definition) is 6. The van der Waals surface area contributed by atoms with Gasteiger partial charge in [0.05, 0.1) is 11.4 Å². The van der Waals surface area contributed by atoms with Crippen molar-refractivity contribution in [2.24, 2.45) is 0 Å². The molecule has 1 N–H and O–H groups in total. The van der Waals surface area contributed by atoms with Crippen LogP contribution in [0.4, 0.5) is 0 Å². The second-order valence-corrected chi connectivity index (χ2v) is 5.30. The van der Waals surface area contributed by atoms with Crippen molar-refractivity contribution >= 4 is 11.8 Å². The predicted molar refractivity (Wildman–Crippen MR) is 75.8 cm³/mol. The molecular weight excluding hydrogens is 260 g/mol. The number of likely N-dealkylation sites (N-methyl/N-ethyl adjacent to an activating group) is 1. The number of aromatic nitrogens is 3. The molecule has 2 aromatic heterocycles. The molecule has 2 aromatic rings. The number of pyridine rings is 1. The quantitative estimate of drug-likeness (QED) is 0.836. The predicted octanol–water partition coefficient (Wildman–Crippen LogP) is 2.05. The lowest BCUT2D eigenvalue weighted by atomic mass is 10.2. The number of nitrogens with one attached hydrogen (secondary N) is 1. The van der Waals surface area contributed by atoms with Gasteiger partial charge in [-0.1, -0.05) is 11.2 Å². The van der Waals surface area contributed by atoms with Crippen molar-refractivity contribution in [3.05, 3.63) is 41.8 Å². The molecule has 0 bridgehead atoms. The SMILES string of the molecule is CNC(C)Cc1noc(CSCc2ccccn2)n1. The van der Waals surface area contributed by atoms with Gasteiger partial charge in [-0.3, -0.25) is 4.98 Å². The van der Waals surface area contributed by atoms with Crippen LogP contribution in [0.15, 0.2) is 28.9 Å². The second-order valence-electron chi connectivity index (χ2n) is 4.31. The molecule has 0 fully saturated rings. The monoisotopic (exact) mass is 278 g/mol. The molecule has 0 aliphatic heterocycles. The Kier molecular flexibility index (Phi) is 5.35. The van der Waals surface area contributed by atoms with Gasteiger partial charge in [0.15, 0.2) is 5.82 Å². The highest BCUT2D eigenvalue weighted by Crippen LogP contribution is 2.15. The Hall–Kier alpha value is -1.40. The van der Waals surface area contributed by atoms with Crippen molar-refractivity contribution in [1.29, 1.82) is 0 Å². The zero-order chi connectivity index (χ0) is 13.5. The summed E-state index contributed by atoms with van der Waals surface area (Å²) in [5.74, 6) is 3.01. The van der Waals surface area contributed by atoms with Crippen molar-refractivity contribution < 1.29 is 4.52 Å². The molecule has 0 amide bonds. The zero-order valence-electron chi connectivity index (χ0n) is 11.2.